The molecule has 0 atom stereocenters. The second-order valence-corrected chi connectivity index (χ2v) is 4.90. The zero-order valence-corrected chi connectivity index (χ0v) is 10.4. The van der Waals surface area contributed by atoms with Crippen LogP contribution >= 0.6 is 0 Å². The van der Waals surface area contributed by atoms with Crippen molar-refractivity contribution in [1.82, 2.24) is 9.97 Å². The van der Waals surface area contributed by atoms with Gasteiger partial charge in [0.2, 0.25) is 0 Å². The molecule has 0 bridgehead atoms. The lowest BCUT2D eigenvalue weighted by atomic mass is 9.93. The van der Waals surface area contributed by atoms with Gasteiger partial charge in [-0.15, -0.1) is 0 Å². The lowest BCUT2D eigenvalue weighted by molar-refractivity contribution is 0.126. The maximum Gasteiger partial charge on any atom is 0.194 e. The predicted octanol–water partition coefficient (Wildman–Crippen LogP) is 2.25. The number of aliphatic hydroxyl groups is 1. The van der Waals surface area contributed by atoms with Crippen molar-refractivity contribution in [2.45, 2.75) is 44.8 Å². The fourth-order valence-electron chi connectivity index (χ4n) is 2.49. The molecule has 96 valence electrons. The van der Waals surface area contributed by atoms with Crippen molar-refractivity contribution in [3.8, 4) is 0 Å². The molecule has 0 saturated heterocycles. The SMILES string of the molecule is Cc1nc(NC2CCC(O)CC2)c2occc2n1. The molecule has 0 amide bonds. The molecule has 5 nitrogen and oxygen atoms in total. The van der Waals surface area contributed by atoms with Gasteiger partial charge in [-0.2, -0.15) is 0 Å². The maximum atomic E-state index is 9.50. The summed E-state index contributed by atoms with van der Waals surface area (Å²) in [6.45, 7) is 1.88. The molecule has 0 radical (unpaired) electrons. The Morgan fingerprint density at radius 2 is 2.06 bits per heavy atom. The van der Waals surface area contributed by atoms with E-state index in [1.165, 1.54) is 0 Å². The van der Waals surface area contributed by atoms with Crippen LogP contribution in [0.2, 0.25) is 0 Å². The molecule has 3 rings (SSSR count). The van der Waals surface area contributed by atoms with Gasteiger partial charge in [0, 0.05) is 12.1 Å². The van der Waals surface area contributed by atoms with Crippen molar-refractivity contribution < 1.29 is 9.52 Å². The summed E-state index contributed by atoms with van der Waals surface area (Å²) in [6, 6.07) is 2.20. The summed E-state index contributed by atoms with van der Waals surface area (Å²) >= 11 is 0. The Labute approximate surface area is 105 Å². The zero-order valence-electron chi connectivity index (χ0n) is 10.4. The number of furan rings is 1. The van der Waals surface area contributed by atoms with Gasteiger partial charge < -0.3 is 14.8 Å². The van der Waals surface area contributed by atoms with Crippen LogP contribution < -0.4 is 5.32 Å². The van der Waals surface area contributed by atoms with Crippen LogP contribution in [0.5, 0.6) is 0 Å². The van der Waals surface area contributed by atoms with Crippen LogP contribution in [0.25, 0.3) is 11.1 Å². The molecule has 1 fully saturated rings. The second-order valence-electron chi connectivity index (χ2n) is 4.90. The fourth-order valence-corrected chi connectivity index (χ4v) is 2.49. The number of anilines is 1. The number of hydrogen-bond acceptors (Lipinski definition) is 5. The minimum absolute atomic E-state index is 0.140. The molecule has 0 aromatic carbocycles. The van der Waals surface area contributed by atoms with E-state index < -0.39 is 0 Å². The predicted molar refractivity (Wildman–Crippen MR) is 68.4 cm³/mol. The van der Waals surface area contributed by atoms with Crippen LogP contribution in [0.3, 0.4) is 0 Å². The Balaban J connectivity index is 1.83. The first-order valence-corrected chi connectivity index (χ1v) is 6.39. The Morgan fingerprint density at radius 1 is 1.28 bits per heavy atom. The molecule has 0 unspecified atom stereocenters. The highest BCUT2D eigenvalue weighted by Gasteiger charge is 2.21. The second kappa shape index (κ2) is 4.57. The van der Waals surface area contributed by atoms with E-state index in [0.29, 0.717) is 11.6 Å². The number of fused-ring (bicyclic) bond motifs is 1. The first kappa shape index (κ1) is 11.5. The summed E-state index contributed by atoms with van der Waals surface area (Å²) in [5, 5.41) is 12.9. The smallest absolute Gasteiger partial charge is 0.194 e. The van der Waals surface area contributed by atoms with Crippen molar-refractivity contribution in [3.05, 3.63) is 18.2 Å². The molecule has 2 N–H and O–H groups in total. The molecule has 2 heterocycles. The van der Waals surface area contributed by atoms with E-state index in [4.69, 9.17) is 4.42 Å². The quantitative estimate of drug-likeness (QED) is 0.851. The van der Waals surface area contributed by atoms with Crippen molar-refractivity contribution >= 4 is 16.9 Å². The lowest BCUT2D eigenvalue weighted by Gasteiger charge is -2.26. The molecule has 1 aliphatic carbocycles. The van der Waals surface area contributed by atoms with Crippen molar-refractivity contribution in [2.75, 3.05) is 5.32 Å². The molecule has 1 aliphatic rings. The third-order valence-electron chi connectivity index (χ3n) is 3.45. The Kier molecular flexibility index (Phi) is 2.91. The standard InChI is InChI=1S/C13H17N3O2/c1-8-14-11-6-7-18-12(11)13(15-8)16-9-2-4-10(17)5-3-9/h6-7,9-10,17H,2-5H2,1H3,(H,14,15,16). The number of hydrogen-bond donors (Lipinski definition) is 2. The number of nitrogens with zero attached hydrogens (tertiary/aromatic N) is 2. The van der Waals surface area contributed by atoms with Gasteiger partial charge in [0.15, 0.2) is 11.4 Å². The van der Waals surface area contributed by atoms with Gasteiger partial charge in [-0.25, -0.2) is 9.97 Å². The number of rotatable bonds is 2. The van der Waals surface area contributed by atoms with E-state index in [0.717, 1.165) is 42.8 Å². The first-order valence-electron chi connectivity index (χ1n) is 6.39. The Bertz CT molecular complexity index is 544. The fraction of sp³-hybridized carbons (Fsp3) is 0.538. The number of aryl methyl sites for hydroxylation is 1. The van der Waals surface area contributed by atoms with Crippen LogP contribution in [-0.4, -0.2) is 27.2 Å². The third-order valence-corrected chi connectivity index (χ3v) is 3.45. The van der Waals surface area contributed by atoms with E-state index >= 15 is 0 Å². The van der Waals surface area contributed by atoms with Gasteiger partial charge in [0.1, 0.15) is 11.3 Å². The summed E-state index contributed by atoms with van der Waals surface area (Å²) < 4.78 is 5.43. The van der Waals surface area contributed by atoms with E-state index in [1.54, 1.807) is 6.26 Å². The normalized spacial score (nSPS) is 24.3. The van der Waals surface area contributed by atoms with Gasteiger partial charge >= 0.3 is 0 Å². The van der Waals surface area contributed by atoms with Crippen molar-refractivity contribution in [1.29, 1.82) is 0 Å². The van der Waals surface area contributed by atoms with Crippen LogP contribution in [0.15, 0.2) is 16.7 Å². The lowest BCUT2D eigenvalue weighted by Crippen LogP contribution is -2.28. The molecular weight excluding hydrogens is 230 g/mol. The number of aromatic nitrogens is 2. The van der Waals surface area contributed by atoms with E-state index in [-0.39, 0.29) is 6.10 Å². The summed E-state index contributed by atoms with van der Waals surface area (Å²) in [5.41, 5.74) is 1.55. The van der Waals surface area contributed by atoms with Gasteiger partial charge in [0.25, 0.3) is 0 Å². The largest absolute Gasteiger partial charge is 0.459 e. The highest BCUT2D eigenvalue weighted by atomic mass is 16.3. The summed E-state index contributed by atoms with van der Waals surface area (Å²) in [4.78, 5) is 8.72. The average Bonchev–Trinajstić information content (AvgIpc) is 2.80. The minimum Gasteiger partial charge on any atom is -0.459 e. The van der Waals surface area contributed by atoms with Crippen molar-refractivity contribution in [2.24, 2.45) is 0 Å². The topological polar surface area (TPSA) is 71.2 Å². The minimum atomic E-state index is -0.140. The van der Waals surface area contributed by atoms with Crippen LogP contribution in [0, 0.1) is 6.92 Å². The number of nitrogens with one attached hydrogen (secondary N) is 1. The summed E-state index contributed by atoms with van der Waals surface area (Å²) in [5.74, 6) is 1.51. The van der Waals surface area contributed by atoms with Crippen LogP contribution in [0.4, 0.5) is 5.82 Å². The molecular formula is C13H17N3O2. The number of aliphatic hydroxyl groups excluding tert-OH is 1. The molecule has 2 aromatic heterocycles. The first-order chi connectivity index (χ1) is 8.72. The molecule has 0 aliphatic heterocycles. The Hall–Kier alpha value is -1.62. The molecule has 2 aromatic rings. The zero-order chi connectivity index (χ0) is 12.5. The van der Waals surface area contributed by atoms with E-state index in [9.17, 15) is 5.11 Å². The molecule has 5 heteroatoms. The highest BCUT2D eigenvalue weighted by molar-refractivity contribution is 5.83. The maximum absolute atomic E-state index is 9.50. The van der Waals surface area contributed by atoms with Crippen LogP contribution in [0.1, 0.15) is 31.5 Å². The van der Waals surface area contributed by atoms with E-state index in [1.807, 2.05) is 13.0 Å². The highest BCUT2D eigenvalue weighted by Crippen LogP contribution is 2.26. The summed E-state index contributed by atoms with van der Waals surface area (Å²) in [7, 11) is 0. The Morgan fingerprint density at radius 3 is 2.83 bits per heavy atom. The monoisotopic (exact) mass is 247 g/mol. The molecule has 0 spiro atoms. The van der Waals surface area contributed by atoms with E-state index in [2.05, 4.69) is 15.3 Å². The molecule has 18 heavy (non-hydrogen) atoms. The molecule has 1 saturated carbocycles. The summed E-state index contributed by atoms with van der Waals surface area (Å²) in [6.07, 6.45) is 5.12. The van der Waals surface area contributed by atoms with Gasteiger partial charge in [-0.1, -0.05) is 0 Å². The van der Waals surface area contributed by atoms with Crippen LogP contribution in [-0.2, 0) is 0 Å². The van der Waals surface area contributed by atoms with Crippen molar-refractivity contribution in [3.63, 3.8) is 0 Å². The average molecular weight is 247 g/mol. The third kappa shape index (κ3) is 2.18. The van der Waals surface area contributed by atoms with Gasteiger partial charge in [0.05, 0.1) is 12.4 Å². The van der Waals surface area contributed by atoms with Gasteiger partial charge in [-0.3, -0.25) is 0 Å². The van der Waals surface area contributed by atoms with Gasteiger partial charge in [-0.05, 0) is 32.6 Å².